The molecule has 0 radical (unpaired) electrons. The zero-order valence-corrected chi connectivity index (χ0v) is 12.8. The molecule has 1 aromatic carbocycles. The Morgan fingerprint density at radius 3 is 2.81 bits per heavy atom. The van der Waals surface area contributed by atoms with E-state index in [1.807, 2.05) is 19.1 Å². The molecule has 1 aromatic heterocycles. The molecule has 4 nitrogen and oxygen atoms in total. The molecule has 1 fully saturated rings. The minimum Gasteiger partial charge on any atom is -0.451 e. The number of hydrogen-bond acceptors (Lipinski definition) is 3. The molecular weight excluding hydrogens is 264 g/mol. The second-order valence-electron chi connectivity index (χ2n) is 6.13. The number of furan rings is 1. The number of aryl methyl sites for hydroxylation is 2. The van der Waals surface area contributed by atoms with Crippen LogP contribution in [0.15, 0.2) is 22.6 Å². The third-order valence-corrected chi connectivity index (χ3v) is 4.46. The number of amides is 1. The third-order valence-electron chi connectivity index (χ3n) is 4.46. The summed E-state index contributed by atoms with van der Waals surface area (Å²) in [5.74, 6) is 0.734. The number of rotatable bonds is 2. The first kappa shape index (κ1) is 14.1. The van der Waals surface area contributed by atoms with Gasteiger partial charge in [-0.2, -0.15) is 0 Å². The highest BCUT2D eigenvalue weighted by Crippen LogP contribution is 2.23. The first-order valence-corrected chi connectivity index (χ1v) is 7.57. The lowest BCUT2D eigenvalue weighted by Crippen LogP contribution is -2.48. The maximum Gasteiger partial charge on any atom is 0.287 e. The van der Waals surface area contributed by atoms with Gasteiger partial charge >= 0.3 is 0 Å². The van der Waals surface area contributed by atoms with Gasteiger partial charge in [0, 0.05) is 11.4 Å². The summed E-state index contributed by atoms with van der Waals surface area (Å²) in [6.07, 6.45) is 0.964. The Bertz CT molecular complexity index is 636. The zero-order chi connectivity index (χ0) is 15.0. The average Bonchev–Trinajstić information content (AvgIpc) is 2.85. The molecule has 1 amide bonds. The van der Waals surface area contributed by atoms with Crippen LogP contribution >= 0.6 is 0 Å². The van der Waals surface area contributed by atoms with Gasteiger partial charge in [-0.3, -0.25) is 4.79 Å². The average molecular weight is 286 g/mol. The Morgan fingerprint density at radius 1 is 1.29 bits per heavy atom. The minimum atomic E-state index is -0.111. The highest BCUT2D eigenvalue weighted by molar-refractivity contribution is 5.96. The lowest BCUT2D eigenvalue weighted by Gasteiger charge is -2.29. The van der Waals surface area contributed by atoms with E-state index >= 15 is 0 Å². The van der Waals surface area contributed by atoms with Crippen molar-refractivity contribution in [3.8, 4) is 0 Å². The Hall–Kier alpha value is -1.81. The highest BCUT2D eigenvalue weighted by atomic mass is 16.3. The Morgan fingerprint density at radius 2 is 2.05 bits per heavy atom. The van der Waals surface area contributed by atoms with Crippen molar-refractivity contribution in [1.82, 2.24) is 10.6 Å². The molecule has 0 saturated carbocycles. The summed E-state index contributed by atoms with van der Waals surface area (Å²) in [6, 6.07) is 6.12. The maximum absolute atomic E-state index is 12.4. The van der Waals surface area contributed by atoms with Gasteiger partial charge in [0.1, 0.15) is 5.58 Å². The van der Waals surface area contributed by atoms with Crippen LogP contribution in [0.1, 0.15) is 35.0 Å². The summed E-state index contributed by atoms with van der Waals surface area (Å²) in [6.45, 7) is 8.17. The number of carbonyl (C=O) groups excluding carboxylic acids is 1. The van der Waals surface area contributed by atoms with Gasteiger partial charge < -0.3 is 15.1 Å². The SMILES string of the molecule is Cc1cc2cc(C(=O)NC3CCNCC3C)oc2cc1C. The summed E-state index contributed by atoms with van der Waals surface area (Å²) < 4.78 is 5.71. The van der Waals surface area contributed by atoms with E-state index in [4.69, 9.17) is 4.42 Å². The molecule has 21 heavy (non-hydrogen) atoms. The van der Waals surface area contributed by atoms with E-state index < -0.39 is 0 Å². The fourth-order valence-electron chi connectivity index (χ4n) is 2.88. The predicted molar refractivity (Wildman–Crippen MR) is 83.6 cm³/mol. The molecule has 2 unspecified atom stereocenters. The van der Waals surface area contributed by atoms with Crippen LogP contribution in [0.2, 0.25) is 0 Å². The summed E-state index contributed by atoms with van der Waals surface area (Å²) in [5, 5.41) is 7.43. The normalized spacial score (nSPS) is 22.4. The van der Waals surface area contributed by atoms with Crippen molar-refractivity contribution in [3.63, 3.8) is 0 Å². The van der Waals surface area contributed by atoms with Gasteiger partial charge in [0.2, 0.25) is 0 Å². The van der Waals surface area contributed by atoms with Crippen LogP contribution in [-0.4, -0.2) is 25.0 Å². The second kappa shape index (κ2) is 5.53. The maximum atomic E-state index is 12.4. The van der Waals surface area contributed by atoms with Crippen LogP contribution in [0.25, 0.3) is 11.0 Å². The molecule has 2 heterocycles. The second-order valence-corrected chi connectivity index (χ2v) is 6.13. The first-order chi connectivity index (χ1) is 10.0. The third kappa shape index (κ3) is 2.81. The van der Waals surface area contributed by atoms with Gasteiger partial charge in [-0.1, -0.05) is 6.92 Å². The molecule has 0 spiro atoms. The minimum absolute atomic E-state index is 0.111. The molecule has 3 rings (SSSR count). The van der Waals surface area contributed by atoms with Gasteiger partial charge in [0.25, 0.3) is 5.91 Å². The molecular formula is C17H22N2O2. The molecule has 2 aromatic rings. The van der Waals surface area contributed by atoms with Crippen LogP contribution in [-0.2, 0) is 0 Å². The topological polar surface area (TPSA) is 54.3 Å². The number of carbonyl (C=O) groups is 1. The molecule has 2 N–H and O–H groups in total. The lowest BCUT2D eigenvalue weighted by molar-refractivity contribution is 0.0888. The quantitative estimate of drug-likeness (QED) is 0.892. The Labute approximate surface area is 124 Å². The van der Waals surface area contributed by atoms with E-state index in [0.29, 0.717) is 11.7 Å². The van der Waals surface area contributed by atoms with Gasteiger partial charge in [-0.05, 0) is 68.6 Å². The van der Waals surface area contributed by atoms with Gasteiger partial charge in [0.15, 0.2) is 5.76 Å². The standard InChI is InChI=1S/C17H22N2O2/c1-10-6-13-8-16(21-15(13)7-11(10)2)17(20)19-14-4-5-18-9-12(14)3/h6-8,12,14,18H,4-5,9H2,1-3H3,(H,19,20). The van der Waals surface area contributed by atoms with Crippen LogP contribution in [0.3, 0.4) is 0 Å². The monoisotopic (exact) mass is 286 g/mol. The van der Waals surface area contributed by atoms with Crippen molar-refractivity contribution in [2.45, 2.75) is 33.2 Å². The number of nitrogens with one attached hydrogen (secondary N) is 2. The van der Waals surface area contributed by atoms with Crippen LogP contribution in [0.4, 0.5) is 0 Å². The van der Waals surface area contributed by atoms with Gasteiger partial charge in [-0.15, -0.1) is 0 Å². The number of fused-ring (bicyclic) bond motifs is 1. The van der Waals surface area contributed by atoms with E-state index in [0.717, 1.165) is 30.5 Å². The van der Waals surface area contributed by atoms with E-state index in [1.165, 1.54) is 11.1 Å². The molecule has 0 aliphatic carbocycles. The highest BCUT2D eigenvalue weighted by Gasteiger charge is 2.24. The fraction of sp³-hybridized carbons (Fsp3) is 0.471. The van der Waals surface area contributed by atoms with Crippen molar-refractivity contribution in [3.05, 3.63) is 35.1 Å². The van der Waals surface area contributed by atoms with E-state index in [1.54, 1.807) is 0 Å². The van der Waals surface area contributed by atoms with Gasteiger partial charge in [-0.25, -0.2) is 0 Å². The van der Waals surface area contributed by atoms with Crippen LogP contribution in [0.5, 0.6) is 0 Å². The number of piperidine rings is 1. The Balaban J connectivity index is 1.81. The molecule has 1 aliphatic rings. The van der Waals surface area contributed by atoms with Crippen molar-refractivity contribution >= 4 is 16.9 Å². The summed E-state index contributed by atoms with van der Waals surface area (Å²) in [4.78, 5) is 12.4. The largest absolute Gasteiger partial charge is 0.451 e. The first-order valence-electron chi connectivity index (χ1n) is 7.57. The van der Waals surface area contributed by atoms with Crippen molar-refractivity contribution < 1.29 is 9.21 Å². The molecule has 112 valence electrons. The molecule has 1 aliphatic heterocycles. The van der Waals surface area contributed by atoms with Gasteiger partial charge in [0.05, 0.1) is 0 Å². The smallest absolute Gasteiger partial charge is 0.287 e. The van der Waals surface area contributed by atoms with Crippen molar-refractivity contribution in [1.29, 1.82) is 0 Å². The van der Waals surface area contributed by atoms with E-state index in [-0.39, 0.29) is 11.9 Å². The number of hydrogen-bond donors (Lipinski definition) is 2. The Kier molecular flexibility index (Phi) is 3.72. The van der Waals surface area contributed by atoms with E-state index in [9.17, 15) is 4.79 Å². The number of benzene rings is 1. The van der Waals surface area contributed by atoms with Crippen LogP contribution in [0, 0.1) is 19.8 Å². The summed E-state index contributed by atoms with van der Waals surface area (Å²) >= 11 is 0. The molecule has 2 atom stereocenters. The fourth-order valence-corrected chi connectivity index (χ4v) is 2.88. The molecule has 1 saturated heterocycles. The predicted octanol–water partition coefficient (Wildman–Crippen LogP) is 2.78. The summed E-state index contributed by atoms with van der Waals surface area (Å²) in [7, 11) is 0. The molecule has 0 bridgehead atoms. The van der Waals surface area contributed by atoms with Crippen molar-refractivity contribution in [2.75, 3.05) is 13.1 Å². The summed E-state index contributed by atoms with van der Waals surface area (Å²) in [5.41, 5.74) is 3.17. The zero-order valence-electron chi connectivity index (χ0n) is 12.8. The van der Waals surface area contributed by atoms with Crippen LogP contribution < -0.4 is 10.6 Å². The molecule has 4 heteroatoms. The van der Waals surface area contributed by atoms with E-state index in [2.05, 4.69) is 30.5 Å². The lowest BCUT2D eigenvalue weighted by atomic mass is 9.95. The van der Waals surface area contributed by atoms with Crippen molar-refractivity contribution in [2.24, 2.45) is 5.92 Å².